The van der Waals surface area contributed by atoms with Gasteiger partial charge in [-0.15, -0.1) is 0 Å². The monoisotopic (exact) mass is 287 g/mol. The molecule has 21 heavy (non-hydrogen) atoms. The van der Waals surface area contributed by atoms with E-state index in [-0.39, 0.29) is 24.1 Å². The van der Waals surface area contributed by atoms with Gasteiger partial charge in [0.1, 0.15) is 11.1 Å². The lowest BCUT2D eigenvalue weighted by Crippen LogP contribution is -2.40. The minimum atomic E-state index is -0.634. The summed E-state index contributed by atoms with van der Waals surface area (Å²) >= 11 is 0. The summed E-state index contributed by atoms with van der Waals surface area (Å²) in [6, 6.07) is 8.56. The third kappa shape index (κ3) is 2.69. The van der Waals surface area contributed by atoms with Gasteiger partial charge in [0.2, 0.25) is 0 Å². The molecule has 0 radical (unpaired) electrons. The van der Waals surface area contributed by atoms with E-state index in [9.17, 15) is 14.7 Å². The van der Waals surface area contributed by atoms with Crippen LogP contribution in [0.2, 0.25) is 0 Å². The van der Waals surface area contributed by atoms with Crippen molar-refractivity contribution in [3.8, 4) is 0 Å². The third-order valence-electron chi connectivity index (χ3n) is 4.10. The van der Waals surface area contributed by atoms with Gasteiger partial charge in [0.05, 0.1) is 0 Å². The van der Waals surface area contributed by atoms with E-state index in [0.29, 0.717) is 11.0 Å². The van der Waals surface area contributed by atoms with Gasteiger partial charge in [0, 0.05) is 24.0 Å². The number of carbonyl (C=O) groups is 1. The highest BCUT2D eigenvalue weighted by Crippen LogP contribution is 2.25. The maximum Gasteiger partial charge on any atom is 0.349 e. The van der Waals surface area contributed by atoms with E-state index in [0.717, 1.165) is 19.3 Å². The van der Waals surface area contributed by atoms with E-state index in [4.69, 9.17) is 4.42 Å². The zero-order chi connectivity index (χ0) is 14.8. The minimum absolute atomic E-state index is 0.0114. The van der Waals surface area contributed by atoms with Crippen molar-refractivity contribution in [3.05, 3.63) is 46.3 Å². The summed E-state index contributed by atoms with van der Waals surface area (Å²) in [4.78, 5) is 24.2. The van der Waals surface area contributed by atoms with Crippen LogP contribution in [0.25, 0.3) is 11.0 Å². The van der Waals surface area contributed by atoms with Crippen molar-refractivity contribution in [2.45, 2.75) is 25.3 Å². The van der Waals surface area contributed by atoms with E-state index in [1.54, 1.807) is 24.3 Å². The molecule has 2 unspecified atom stereocenters. The quantitative estimate of drug-likeness (QED) is 0.842. The number of aliphatic hydroxyl groups excluding tert-OH is 1. The van der Waals surface area contributed by atoms with Crippen LogP contribution in [0.4, 0.5) is 0 Å². The molecule has 1 aliphatic carbocycles. The fourth-order valence-corrected chi connectivity index (χ4v) is 2.91. The summed E-state index contributed by atoms with van der Waals surface area (Å²) in [5, 5.41) is 12.8. The highest BCUT2D eigenvalue weighted by atomic mass is 16.4. The molecule has 1 fully saturated rings. The molecule has 0 aliphatic heterocycles. The Morgan fingerprint density at radius 2 is 2.14 bits per heavy atom. The van der Waals surface area contributed by atoms with Crippen LogP contribution in [-0.2, 0) is 0 Å². The molecule has 0 bridgehead atoms. The second-order valence-electron chi connectivity index (χ2n) is 5.44. The number of fused-ring (bicyclic) bond motifs is 1. The zero-order valence-corrected chi connectivity index (χ0v) is 11.5. The number of nitrogens with one attached hydrogen (secondary N) is 1. The Hall–Kier alpha value is -2.14. The van der Waals surface area contributed by atoms with Crippen LogP contribution in [0, 0.1) is 5.92 Å². The van der Waals surface area contributed by atoms with Gasteiger partial charge in [0.25, 0.3) is 5.91 Å². The molecule has 0 spiro atoms. The fourth-order valence-electron chi connectivity index (χ4n) is 2.91. The largest absolute Gasteiger partial charge is 0.422 e. The molecule has 2 atom stereocenters. The highest BCUT2D eigenvalue weighted by molar-refractivity contribution is 5.96. The maximum atomic E-state index is 12.3. The topological polar surface area (TPSA) is 79.5 Å². The van der Waals surface area contributed by atoms with E-state index in [1.807, 2.05) is 6.07 Å². The number of aliphatic hydroxyl groups is 1. The summed E-state index contributed by atoms with van der Waals surface area (Å²) < 4.78 is 5.17. The van der Waals surface area contributed by atoms with Crippen molar-refractivity contribution in [1.29, 1.82) is 0 Å². The van der Waals surface area contributed by atoms with Gasteiger partial charge in [-0.25, -0.2) is 4.79 Å². The average molecular weight is 287 g/mol. The second kappa shape index (κ2) is 5.69. The van der Waals surface area contributed by atoms with Crippen LogP contribution >= 0.6 is 0 Å². The number of amides is 1. The molecule has 0 saturated heterocycles. The van der Waals surface area contributed by atoms with E-state index in [1.165, 1.54) is 0 Å². The van der Waals surface area contributed by atoms with Crippen LogP contribution in [0.1, 0.15) is 29.6 Å². The van der Waals surface area contributed by atoms with Gasteiger partial charge in [-0.05, 0) is 25.0 Å². The highest BCUT2D eigenvalue weighted by Gasteiger charge is 2.29. The van der Waals surface area contributed by atoms with Crippen molar-refractivity contribution in [1.82, 2.24) is 5.32 Å². The molecule has 5 heteroatoms. The minimum Gasteiger partial charge on any atom is -0.422 e. The average Bonchev–Trinajstić information content (AvgIpc) is 2.93. The van der Waals surface area contributed by atoms with Gasteiger partial charge in [-0.2, -0.15) is 0 Å². The molecular weight excluding hydrogens is 270 g/mol. The lowest BCUT2D eigenvalue weighted by Gasteiger charge is -2.18. The lowest BCUT2D eigenvalue weighted by molar-refractivity contribution is 0.0912. The van der Waals surface area contributed by atoms with Crippen molar-refractivity contribution in [2.75, 3.05) is 6.61 Å². The number of para-hydroxylation sites is 1. The Morgan fingerprint density at radius 1 is 1.33 bits per heavy atom. The predicted octanol–water partition coefficient (Wildman–Crippen LogP) is 1.68. The SMILES string of the molecule is O=C(NC1CCCC1CO)c1cc2ccccc2oc1=O. The standard InChI is InChI=1S/C16H17NO4/c18-9-11-5-3-6-13(11)17-15(19)12-8-10-4-1-2-7-14(10)21-16(12)20/h1-2,4,7-8,11,13,18H,3,5-6,9H2,(H,17,19). The van der Waals surface area contributed by atoms with Crippen LogP contribution in [0.3, 0.4) is 0 Å². The molecule has 1 saturated carbocycles. The van der Waals surface area contributed by atoms with Crippen LogP contribution in [0.15, 0.2) is 39.5 Å². The van der Waals surface area contributed by atoms with Gasteiger partial charge >= 0.3 is 5.63 Å². The third-order valence-corrected chi connectivity index (χ3v) is 4.10. The molecule has 1 amide bonds. The molecule has 2 N–H and O–H groups in total. The first-order valence-electron chi connectivity index (χ1n) is 7.13. The molecule has 3 rings (SSSR count). The summed E-state index contributed by atoms with van der Waals surface area (Å²) in [6.07, 6.45) is 2.70. The van der Waals surface area contributed by atoms with Crippen molar-refractivity contribution in [2.24, 2.45) is 5.92 Å². The van der Waals surface area contributed by atoms with Crippen LogP contribution in [-0.4, -0.2) is 23.7 Å². The number of hydrogen-bond donors (Lipinski definition) is 2. The zero-order valence-electron chi connectivity index (χ0n) is 11.5. The molecule has 2 aromatic rings. The van der Waals surface area contributed by atoms with Crippen molar-refractivity contribution in [3.63, 3.8) is 0 Å². The Morgan fingerprint density at radius 3 is 2.95 bits per heavy atom. The van der Waals surface area contributed by atoms with E-state index < -0.39 is 11.5 Å². The smallest absolute Gasteiger partial charge is 0.349 e. The lowest BCUT2D eigenvalue weighted by atomic mass is 10.0. The van der Waals surface area contributed by atoms with Crippen LogP contribution in [0.5, 0.6) is 0 Å². The number of hydrogen-bond acceptors (Lipinski definition) is 4. The molecule has 1 heterocycles. The van der Waals surface area contributed by atoms with Crippen molar-refractivity contribution < 1.29 is 14.3 Å². The van der Waals surface area contributed by atoms with Gasteiger partial charge in [-0.3, -0.25) is 4.79 Å². The number of carbonyl (C=O) groups excluding carboxylic acids is 1. The number of rotatable bonds is 3. The molecule has 110 valence electrons. The predicted molar refractivity (Wildman–Crippen MR) is 78.2 cm³/mol. The molecule has 1 aromatic heterocycles. The summed E-state index contributed by atoms with van der Waals surface area (Å²) in [7, 11) is 0. The fraction of sp³-hybridized carbons (Fsp3) is 0.375. The Bertz CT molecular complexity index is 722. The summed E-state index contributed by atoms with van der Waals surface area (Å²) in [5.74, 6) is -0.360. The van der Waals surface area contributed by atoms with Gasteiger partial charge in [0.15, 0.2) is 0 Å². The number of benzene rings is 1. The molecular formula is C16H17NO4. The molecule has 1 aromatic carbocycles. The van der Waals surface area contributed by atoms with E-state index in [2.05, 4.69) is 5.32 Å². The Labute approximate surface area is 121 Å². The first kappa shape index (κ1) is 13.8. The maximum absolute atomic E-state index is 12.3. The Balaban J connectivity index is 1.87. The summed E-state index contributed by atoms with van der Waals surface area (Å²) in [6.45, 7) is 0.0529. The van der Waals surface area contributed by atoms with E-state index >= 15 is 0 Å². The van der Waals surface area contributed by atoms with Crippen molar-refractivity contribution >= 4 is 16.9 Å². The normalized spacial score (nSPS) is 21.6. The summed E-state index contributed by atoms with van der Waals surface area (Å²) in [5.41, 5.74) is -0.157. The Kier molecular flexibility index (Phi) is 3.75. The first-order valence-corrected chi connectivity index (χ1v) is 7.13. The second-order valence-corrected chi connectivity index (χ2v) is 5.44. The molecule has 1 aliphatic rings. The van der Waals surface area contributed by atoms with Crippen LogP contribution < -0.4 is 10.9 Å². The van der Waals surface area contributed by atoms with Gasteiger partial charge < -0.3 is 14.8 Å². The molecule has 5 nitrogen and oxygen atoms in total. The van der Waals surface area contributed by atoms with Gasteiger partial charge in [-0.1, -0.05) is 24.6 Å². The first-order chi connectivity index (χ1) is 10.2.